The molecule has 0 atom stereocenters. The van der Waals surface area contributed by atoms with E-state index in [9.17, 15) is 25.4 Å². The van der Waals surface area contributed by atoms with Crippen molar-refractivity contribution in [2.45, 2.75) is 6.67 Å². The van der Waals surface area contributed by atoms with E-state index in [0.717, 1.165) is 0 Å². The standard InChI is InChI=1S/C25H5FN14/c26-4-9-1-2-10-11(3-9)32-17-16(31-10)18-20(39-24-22(37-18)33-12(5-27)14(7-29)35-24)21-19(17)38-23-25(40-21)36-15(8-30)13(6-28)34-23/h1-3H,4H2. The second kappa shape index (κ2) is 8.15. The van der Waals surface area contributed by atoms with Crippen LogP contribution < -0.4 is 0 Å². The summed E-state index contributed by atoms with van der Waals surface area (Å²) in [7, 11) is 0. The maximum absolute atomic E-state index is 13.4. The Balaban J connectivity index is 1.73. The summed E-state index contributed by atoms with van der Waals surface area (Å²) >= 11 is 0. The molecule has 0 N–H and O–H groups in total. The Morgan fingerprint density at radius 1 is 0.475 bits per heavy atom. The minimum absolute atomic E-state index is 0.0163. The molecule has 7 rings (SSSR count). The van der Waals surface area contributed by atoms with Crippen LogP contribution in [0.25, 0.3) is 66.7 Å². The minimum Gasteiger partial charge on any atom is -0.246 e. The predicted molar refractivity (Wildman–Crippen MR) is 133 cm³/mol. The second-order valence-corrected chi connectivity index (χ2v) is 8.30. The summed E-state index contributed by atoms with van der Waals surface area (Å²) in [6.45, 7) is -0.700. The fraction of sp³-hybridized carbons (Fsp3) is 0.0400. The first-order valence-corrected chi connectivity index (χ1v) is 11.2. The number of nitrogens with zero attached hydrogens (tertiary/aromatic N) is 14. The molecular formula is C25H5FN14. The van der Waals surface area contributed by atoms with Crippen molar-refractivity contribution in [2.75, 3.05) is 0 Å². The number of aromatic nitrogens is 10. The molecule has 0 aliphatic heterocycles. The lowest BCUT2D eigenvalue weighted by molar-refractivity contribution is 0.485. The van der Waals surface area contributed by atoms with Crippen LogP contribution >= 0.6 is 0 Å². The molecule has 5 heterocycles. The summed E-state index contributed by atoms with van der Waals surface area (Å²) < 4.78 is 13.4. The van der Waals surface area contributed by atoms with Crippen LogP contribution in [-0.2, 0) is 6.67 Å². The van der Waals surface area contributed by atoms with E-state index in [4.69, 9.17) is 9.97 Å². The highest BCUT2D eigenvalue weighted by Gasteiger charge is 2.22. The fourth-order valence-corrected chi connectivity index (χ4v) is 4.26. The molecule has 5 aromatic heterocycles. The third kappa shape index (κ3) is 3.10. The molecule has 0 spiro atoms. The van der Waals surface area contributed by atoms with Gasteiger partial charge in [0.05, 0.1) is 11.0 Å². The molecule has 0 unspecified atom stereocenters. The lowest BCUT2D eigenvalue weighted by Gasteiger charge is -2.10. The highest BCUT2D eigenvalue weighted by atomic mass is 19.1. The number of hydrogen-bond acceptors (Lipinski definition) is 14. The largest absolute Gasteiger partial charge is 0.246 e. The number of nitriles is 4. The number of fused-ring (bicyclic) bond motifs is 9. The molecule has 0 aliphatic carbocycles. The Bertz CT molecular complexity index is 2480. The Morgan fingerprint density at radius 2 is 0.825 bits per heavy atom. The van der Waals surface area contributed by atoms with E-state index in [1.807, 2.05) is 24.3 Å². The zero-order chi connectivity index (χ0) is 27.5. The van der Waals surface area contributed by atoms with Crippen molar-refractivity contribution < 1.29 is 4.39 Å². The summed E-state index contributed by atoms with van der Waals surface area (Å²) in [5, 5.41) is 37.6. The average molecular weight is 520 g/mol. The normalized spacial score (nSPS) is 11.1. The van der Waals surface area contributed by atoms with Crippen molar-refractivity contribution >= 4 is 66.7 Å². The number of alkyl halides is 1. The highest BCUT2D eigenvalue weighted by molar-refractivity contribution is 6.20. The molecule has 0 bridgehead atoms. The van der Waals surface area contributed by atoms with E-state index in [1.54, 1.807) is 18.2 Å². The van der Waals surface area contributed by atoms with Gasteiger partial charge in [-0.15, -0.1) is 0 Å². The summed E-state index contributed by atoms with van der Waals surface area (Å²) in [6.07, 6.45) is 0. The van der Waals surface area contributed by atoms with Gasteiger partial charge in [-0.3, -0.25) is 0 Å². The minimum atomic E-state index is -0.700. The Kier molecular flexibility index (Phi) is 4.58. The number of benzene rings is 2. The van der Waals surface area contributed by atoms with E-state index in [-0.39, 0.29) is 78.5 Å². The first-order valence-electron chi connectivity index (χ1n) is 11.2. The monoisotopic (exact) mass is 520 g/mol. The van der Waals surface area contributed by atoms with Crippen molar-refractivity contribution in [3.05, 3.63) is 46.5 Å². The van der Waals surface area contributed by atoms with Gasteiger partial charge in [-0.25, -0.2) is 54.2 Å². The van der Waals surface area contributed by atoms with Crippen LogP contribution in [0.3, 0.4) is 0 Å². The van der Waals surface area contributed by atoms with Crippen LogP contribution in [0.4, 0.5) is 4.39 Å². The molecule has 182 valence electrons. The van der Waals surface area contributed by atoms with Crippen LogP contribution in [0.1, 0.15) is 28.3 Å². The molecule has 0 fully saturated rings. The SMILES string of the molecule is N#Cc1nc2nc3c4nc5ccc(CF)cc5nc4c4nc5nc(C#N)c(C#N)nc5nc4c3nc2nc1C#N. The molecule has 0 aliphatic rings. The molecule has 14 nitrogen and oxygen atoms in total. The maximum Gasteiger partial charge on any atom is 0.199 e. The van der Waals surface area contributed by atoms with Gasteiger partial charge >= 0.3 is 0 Å². The molecule has 15 heteroatoms. The molecule has 0 amide bonds. The summed E-state index contributed by atoms with van der Waals surface area (Å²) in [4.78, 5) is 44.2. The molecule has 0 saturated carbocycles. The summed E-state index contributed by atoms with van der Waals surface area (Å²) in [5.74, 6) is 0. The van der Waals surface area contributed by atoms with E-state index < -0.39 is 6.67 Å². The Morgan fingerprint density at radius 3 is 1.18 bits per heavy atom. The zero-order valence-electron chi connectivity index (χ0n) is 19.6. The van der Waals surface area contributed by atoms with Crippen LogP contribution in [0, 0.1) is 45.3 Å². The quantitative estimate of drug-likeness (QED) is 0.224. The smallest absolute Gasteiger partial charge is 0.199 e. The maximum atomic E-state index is 13.4. The van der Waals surface area contributed by atoms with Crippen molar-refractivity contribution in [3.8, 4) is 24.3 Å². The number of hydrogen-bond donors (Lipinski definition) is 0. The second-order valence-electron chi connectivity index (χ2n) is 8.30. The van der Waals surface area contributed by atoms with Gasteiger partial charge in [0.15, 0.2) is 45.4 Å². The van der Waals surface area contributed by atoms with Crippen molar-refractivity contribution in [1.82, 2.24) is 49.8 Å². The van der Waals surface area contributed by atoms with E-state index in [0.29, 0.717) is 16.6 Å². The first-order chi connectivity index (χ1) is 19.5. The van der Waals surface area contributed by atoms with Gasteiger partial charge in [0.2, 0.25) is 0 Å². The molecule has 7 aromatic rings. The van der Waals surface area contributed by atoms with E-state index in [2.05, 4.69) is 39.9 Å². The van der Waals surface area contributed by atoms with Crippen LogP contribution in [-0.4, -0.2) is 49.8 Å². The number of rotatable bonds is 1. The van der Waals surface area contributed by atoms with E-state index in [1.165, 1.54) is 0 Å². The first kappa shape index (κ1) is 22.5. The molecule has 2 aromatic carbocycles. The highest BCUT2D eigenvalue weighted by Crippen LogP contribution is 2.32. The summed E-state index contributed by atoms with van der Waals surface area (Å²) in [6, 6.07) is 12.0. The van der Waals surface area contributed by atoms with E-state index >= 15 is 0 Å². The Hall–Kier alpha value is -6.71. The van der Waals surface area contributed by atoms with Gasteiger partial charge in [0.1, 0.15) is 64.1 Å². The summed E-state index contributed by atoms with van der Waals surface area (Å²) in [5.41, 5.74) is 1.34. The predicted octanol–water partition coefficient (Wildman–Crippen LogP) is 2.51. The fourth-order valence-electron chi connectivity index (χ4n) is 4.26. The Labute approximate surface area is 219 Å². The third-order valence-corrected chi connectivity index (χ3v) is 6.02. The topological polar surface area (TPSA) is 224 Å². The molecular weight excluding hydrogens is 515 g/mol. The van der Waals surface area contributed by atoms with Crippen LogP contribution in [0.2, 0.25) is 0 Å². The van der Waals surface area contributed by atoms with Gasteiger partial charge in [0, 0.05) is 0 Å². The van der Waals surface area contributed by atoms with Gasteiger partial charge in [-0.05, 0) is 17.7 Å². The lowest BCUT2D eigenvalue weighted by atomic mass is 10.1. The number of halogens is 1. The van der Waals surface area contributed by atoms with Crippen molar-refractivity contribution in [2.24, 2.45) is 0 Å². The average Bonchev–Trinajstić information content (AvgIpc) is 3.00. The molecule has 0 saturated heterocycles. The van der Waals surface area contributed by atoms with Gasteiger partial charge in [-0.2, -0.15) is 21.0 Å². The van der Waals surface area contributed by atoms with Crippen LogP contribution in [0.5, 0.6) is 0 Å². The van der Waals surface area contributed by atoms with Gasteiger partial charge < -0.3 is 0 Å². The zero-order valence-corrected chi connectivity index (χ0v) is 19.6. The van der Waals surface area contributed by atoms with Crippen LogP contribution in [0.15, 0.2) is 18.2 Å². The van der Waals surface area contributed by atoms with Gasteiger partial charge in [0.25, 0.3) is 0 Å². The van der Waals surface area contributed by atoms with Crippen molar-refractivity contribution in [3.63, 3.8) is 0 Å². The molecule has 0 radical (unpaired) electrons. The molecule has 40 heavy (non-hydrogen) atoms. The van der Waals surface area contributed by atoms with Crippen molar-refractivity contribution in [1.29, 1.82) is 21.0 Å². The van der Waals surface area contributed by atoms with Gasteiger partial charge in [-0.1, -0.05) is 6.07 Å². The third-order valence-electron chi connectivity index (χ3n) is 6.02. The lowest BCUT2D eigenvalue weighted by Crippen LogP contribution is -2.04.